The predicted octanol–water partition coefficient (Wildman–Crippen LogP) is 7.76. The number of amides is 2. The molecule has 5 heteroatoms. The number of benzene rings is 3. The number of rotatable bonds is 10. The maximum atomic E-state index is 13.8. The fourth-order valence-electron chi connectivity index (χ4n) is 6.26. The maximum Gasteiger partial charge on any atom is 0.256 e. The van der Waals surface area contributed by atoms with E-state index in [2.05, 4.69) is 59.6 Å². The highest BCUT2D eigenvalue weighted by atomic mass is 16.2. The number of anilines is 2. The molecule has 0 aromatic heterocycles. The van der Waals surface area contributed by atoms with Crippen molar-refractivity contribution in [2.75, 3.05) is 36.4 Å². The molecular weight excluding hydrogens is 506 g/mol. The van der Waals surface area contributed by atoms with Crippen molar-refractivity contribution in [1.29, 1.82) is 0 Å². The number of aryl methyl sites for hydroxylation is 1. The summed E-state index contributed by atoms with van der Waals surface area (Å²) >= 11 is 0. The summed E-state index contributed by atoms with van der Waals surface area (Å²) < 4.78 is 0. The fourth-order valence-corrected chi connectivity index (χ4v) is 6.26. The van der Waals surface area contributed by atoms with Crippen LogP contribution in [0.25, 0.3) is 0 Å². The molecule has 5 rings (SSSR count). The first-order valence-corrected chi connectivity index (χ1v) is 15.7. The van der Waals surface area contributed by atoms with Crippen molar-refractivity contribution in [2.45, 2.75) is 71.1 Å². The van der Waals surface area contributed by atoms with E-state index >= 15 is 0 Å². The molecule has 0 aliphatic carbocycles. The number of unbranched alkanes of at least 4 members (excludes halogenated alkanes) is 2. The van der Waals surface area contributed by atoms with Crippen molar-refractivity contribution in [1.82, 2.24) is 4.90 Å². The van der Waals surface area contributed by atoms with Crippen LogP contribution in [0.1, 0.15) is 90.1 Å². The molecule has 3 aromatic rings. The number of carbonyl (C=O) groups excluding carboxylic acids is 2. The zero-order valence-corrected chi connectivity index (χ0v) is 24.6. The van der Waals surface area contributed by atoms with E-state index < -0.39 is 0 Å². The van der Waals surface area contributed by atoms with Crippen LogP contribution in [0.2, 0.25) is 0 Å². The highest BCUT2D eigenvalue weighted by Gasteiger charge is 2.27. The van der Waals surface area contributed by atoms with E-state index in [0.717, 1.165) is 70.4 Å². The molecule has 0 bridgehead atoms. The van der Waals surface area contributed by atoms with Crippen LogP contribution in [0.15, 0.2) is 72.8 Å². The number of nitrogens with one attached hydrogen (secondary N) is 1. The van der Waals surface area contributed by atoms with E-state index in [1.807, 2.05) is 35.2 Å². The van der Waals surface area contributed by atoms with Gasteiger partial charge in [-0.1, -0.05) is 62.2 Å². The Morgan fingerprint density at radius 1 is 0.805 bits per heavy atom. The summed E-state index contributed by atoms with van der Waals surface area (Å²) in [5.74, 6) is 0.598. The Kier molecular flexibility index (Phi) is 10.1. The van der Waals surface area contributed by atoms with Gasteiger partial charge < -0.3 is 15.1 Å². The molecule has 0 atom stereocenters. The molecule has 2 fully saturated rings. The van der Waals surface area contributed by atoms with Gasteiger partial charge in [0.1, 0.15) is 0 Å². The molecule has 5 nitrogen and oxygen atoms in total. The Balaban J connectivity index is 1.29. The van der Waals surface area contributed by atoms with Gasteiger partial charge in [-0.15, -0.1) is 0 Å². The van der Waals surface area contributed by atoms with Crippen LogP contribution < -0.4 is 10.2 Å². The zero-order valence-electron chi connectivity index (χ0n) is 24.6. The quantitative estimate of drug-likeness (QED) is 0.262. The van der Waals surface area contributed by atoms with Crippen LogP contribution in [-0.2, 0) is 12.8 Å². The van der Waals surface area contributed by atoms with Crippen LogP contribution in [0.5, 0.6) is 0 Å². The van der Waals surface area contributed by atoms with Crippen molar-refractivity contribution < 1.29 is 9.59 Å². The van der Waals surface area contributed by atoms with Gasteiger partial charge in [0.2, 0.25) is 0 Å². The van der Waals surface area contributed by atoms with E-state index in [-0.39, 0.29) is 11.8 Å². The molecular formula is C36H45N3O2. The van der Waals surface area contributed by atoms with Crippen LogP contribution in [0.4, 0.5) is 11.4 Å². The normalized spacial score (nSPS) is 16.0. The van der Waals surface area contributed by atoms with Gasteiger partial charge in [0.15, 0.2) is 0 Å². The molecule has 0 unspecified atom stereocenters. The summed E-state index contributed by atoms with van der Waals surface area (Å²) in [7, 11) is 0. The molecule has 3 aromatic carbocycles. The Hall–Kier alpha value is -3.60. The van der Waals surface area contributed by atoms with E-state index in [1.165, 1.54) is 36.8 Å². The predicted molar refractivity (Wildman–Crippen MR) is 169 cm³/mol. The lowest BCUT2D eigenvalue weighted by Gasteiger charge is -2.36. The molecule has 1 N–H and O–H groups in total. The molecule has 2 aliphatic heterocycles. The standard InChI is InChI=1S/C36H45N3O2/c1-2-3-6-11-28-14-16-31(17-15-28)35(40)37-32-18-19-34(33(27-32)36(41)39-22-9-5-10-23-39)38-24-20-30(21-25-38)26-29-12-7-4-8-13-29/h4,7-8,12-19,27,30H,2-3,5-6,9-11,20-26H2,1H3,(H,37,40). The molecule has 2 heterocycles. The number of carbonyl (C=O) groups is 2. The molecule has 2 amide bonds. The van der Waals surface area contributed by atoms with Gasteiger partial charge in [-0.2, -0.15) is 0 Å². The Morgan fingerprint density at radius 2 is 1.54 bits per heavy atom. The Bertz CT molecular complexity index is 1270. The largest absolute Gasteiger partial charge is 0.371 e. The van der Waals surface area contributed by atoms with Gasteiger partial charge in [-0.25, -0.2) is 0 Å². The first-order chi connectivity index (χ1) is 20.1. The summed E-state index contributed by atoms with van der Waals surface area (Å²) in [6.07, 6.45) is 11.3. The summed E-state index contributed by atoms with van der Waals surface area (Å²) in [5.41, 5.74) is 5.67. The lowest BCUT2D eigenvalue weighted by molar-refractivity contribution is 0.0724. The van der Waals surface area contributed by atoms with Crippen LogP contribution in [-0.4, -0.2) is 42.9 Å². The van der Waals surface area contributed by atoms with Crippen LogP contribution in [0, 0.1) is 5.92 Å². The number of nitrogens with zero attached hydrogens (tertiary/aromatic N) is 2. The Morgan fingerprint density at radius 3 is 2.24 bits per heavy atom. The smallest absolute Gasteiger partial charge is 0.256 e. The number of piperidine rings is 2. The second-order valence-corrected chi connectivity index (χ2v) is 11.8. The highest BCUT2D eigenvalue weighted by molar-refractivity contribution is 6.06. The zero-order chi connectivity index (χ0) is 28.4. The first kappa shape index (κ1) is 28.9. The summed E-state index contributed by atoms with van der Waals surface area (Å²) in [6.45, 7) is 5.69. The van der Waals surface area contributed by atoms with Gasteiger partial charge in [0.05, 0.1) is 5.56 Å². The van der Waals surface area contributed by atoms with Crippen molar-refractivity contribution >= 4 is 23.2 Å². The summed E-state index contributed by atoms with van der Waals surface area (Å²) in [4.78, 5) is 31.3. The molecule has 0 radical (unpaired) electrons. The monoisotopic (exact) mass is 551 g/mol. The minimum atomic E-state index is -0.143. The third-order valence-electron chi connectivity index (χ3n) is 8.74. The van der Waals surface area contributed by atoms with Gasteiger partial charge in [0, 0.05) is 43.1 Å². The first-order valence-electron chi connectivity index (χ1n) is 15.7. The maximum absolute atomic E-state index is 13.8. The minimum Gasteiger partial charge on any atom is -0.371 e. The van der Waals surface area contributed by atoms with Crippen molar-refractivity contribution in [2.24, 2.45) is 5.92 Å². The lowest BCUT2D eigenvalue weighted by atomic mass is 9.89. The van der Waals surface area contributed by atoms with Crippen LogP contribution in [0.3, 0.4) is 0 Å². The fraction of sp³-hybridized carbons (Fsp3) is 0.444. The number of likely N-dealkylation sites (tertiary alicyclic amines) is 1. The third-order valence-corrected chi connectivity index (χ3v) is 8.74. The Labute approximate surface area is 245 Å². The second-order valence-electron chi connectivity index (χ2n) is 11.8. The minimum absolute atomic E-state index is 0.0821. The van der Waals surface area contributed by atoms with E-state index in [0.29, 0.717) is 22.7 Å². The van der Waals surface area contributed by atoms with Crippen molar-refractivity contribution in [3.8, 4) is 0 Å². The average Bonchev–Trinajstić information content (AvgIpc) is 3.02. The summed E-state index contributed by atoms with van der Waals surface area (Å²) in [6, 6.07) is 24.6. The molecule has 0 saturated carbocycles. The number of hydrogen-bond donors (Lipinski definition) is 1. The summed E-state index contributed by atoms with van der Waals surface area (Å²) in [5, 5.41) is 3.06. The molecule has 41 heavy (non-hydrogen) atoms. The average molecular weight is 552 g/mol. The number of hydrogen-bond acceptors (Lipinski definition) is 3. The third kappa shape index (κ3) is 7.78. The second kappa shape index (κ2) is 14.3. The van der Waals surface area contributed by atoms with Crippen LogP contribution >= 0.6 is 0 Å². The topological polar surface area (TPSA) is 52.7 Å². The van der Waals surface area contributed by atoms with E-state index in [9.17, 15) is 9.59 Å². The van der Waals surface area contributed by atoms with Crippen molar-refractivity contribution in [3.63, 3.8) is 0 Å². The molecule has 2 saturated heterocycles. The lowest BCUT2D eigenvalue weighted by Crippen LogP contribution is -2.39. The van der Waals surface area contributed by atoms with Gasteiger partial charge in [0.25, 0.3) is 11.8 Å². The van der Waals surface area contributed by atoms with Gasteiger partial charge in [-0.3, -0.25) is 9.59 Å². The van der Waals surface area contributed by atoms with E-state index in [1.54, 1.807) is 0 Å². The molecule has 2 aliphatic rings. The SMILES string of the molecule is CCCCCc1ccc(C(=O)Nc2ccc(N3CCC(Cc4ccccc4)CC3)c(C(=O)N3CCCCC3)c2)cc1. The van der Waals surface area contributed by atoms with Gasteiger partial charge in [-0.05, 0) is 98.7 Å². The highest BCUT2D eigenvalue weighted by Crippen LogP contribution is 2.31. The molecule has 0 spiro atoms. The van der Waals surface area contributed by atoms with E-state index in [4.69, 9.17) is 0 Å². The molecule has 216 valence electrons. The van der Waals surface area contributed by atoms with Crippen molar-refractivity contribution in [3.05, 3.63) is 95.1 Å². The van der Waals surface area contributed by atoms with Gasteiger partial charge >= 0.3 is 0 Å².